The van der Waals surface area contributed by atoms with Gasteiger partial charge in [0.25, 0.3) is 0 Å². The number of rotatable bonds is 2. The van der Waals surface area contributed by atoms with E-state index >= 15 is 0 Å². The van der Waals surface area contributed by atoms with Gasteiger partial charge >= 0.3 is 0 Å². The first-order valence-electron chi connectivity index (χ1n) is 4.08. The summed E-state index contributed by atoms with van der Waals surface area (Å²) in [6, 6.07) is 5.98. The van der Waals surface area contributed by atoms with Gasteiger partial charge in [-0.05, 0) is 35.1 Å². The lowest BCUT2D eigenvalue weighted by Crippen LogP contribution is -2.07. The van der Waals surface area contributed by atoms with Crippen LogP contribution in [0.4, 0.5) is 0 Å². The number of hydrogen-bond acceptors (Lipinski definition) is 2. The van der Waals surface area contributed by atoms with Crippen molar-refractivity contribution in [3.8, 4) is 0 Å². The Labute approximate surface area is 84.9 Å². The van der Waals surface area contributed by atoms with Gasteiger partial charge in [-0.1, -0.05) is 6.07 Å². The van der Waals surface area contributed by atoms with Crippen molar-refractivity contribution < 1.29 is 0 Å². The van der Waals surface area contributed by atoms with Crippen LogP contribution in [0.15, 0.2) is 29.0 Å². The van der Waals surface area contributed by atoms with E-state index in [1.165, 1.54) is 0 Å². The number of pyridine rings is 1. The van der Waals surface area contributed by atoms with Crippen LogP contribution < -0.4 is 5.32 Å². The molecule has 4 heteroatoms. The van der Waals surface area contributed by atoms with Gasteiger partial charge in [-0.2, -0.15) is 0 Å². The Balaban J connectivity index is 2.64. The van der Waals surface area contributed by atoms with Crippen molar-refractivity contribution in [3.63, 3.8) is 0 Å². The van der Waals surface area contributed by atoms with Gasteiger partial charge in [-0.15, -0.1) is 0 Å². The molecule has 0 radical (unpaired) electrons. The van der Waals surface area contributed by atoms with E-state index < -0.39 is 0 Å². The lowest BCUT2D eigenvalue weighted by molar-refractivity contribution is 0.779. The van der Waals surface area contributed by atoms with Crippen LogP contribution in [-0.4, -0.2) is 16.4 Å². The van der Waals surface area contributed by atoms with Crippen LogP contribution in [0.5, 0.6) is 0 Å². The molecule has 0 aliphatic carbocycles. The Kier molecular flexibility index (Phi) is 2.33. The van der Waals surface area contributed by atoms with Crippen LogP contribution in [-0.2, 0) is 6.54 Å². The van der Waals surface area contributed by atoms with Crippen LogP contribution in [0.1, 0.15) is 5.69 Å². The highest BCUT2D eigenvalue weighted by Gasteiger charge is 2.03. The van der Waals surface area contributed by atoms with Crippen LogP contribution in [0.3, 0.4) is 0 Å². The molecule has 0 unspecified atom stereocenters. The first-order chi connectivity index (χ1) is 6.33. The maximum atomic E-state index is 4.29. The summed E-state index contributed by atoms with van der Waals surface area (Å²) in [5, 5.41) is 3.11. The Bertz CT molecular complexity index is 422. The van der Waals surface area contributed by atoms with E-state index in [9.17, 15) is 0 Å². The zero-order chi connectivity index (χ0) is 9.26. The highest BCUT2D eigenvalue weighted by atomic mass is 79.9. The minimum absolute atomic E-state index is 0.823. The van der Waals surface area contributed by atoms with Gasteiger partial charge in [0.1, 0.15) is 5.65 Å². The van der Waals surface area contributed by atoms with Crippen molar-refractivity contribution in [1.29, 1.82) is 0 Å². The minimum Gasteiger partial charge on any atom is -0.314 e. The number of imidazole rings is 1. The lowest BCUT2D eigenvalue weighted by Gasteiger charge is -2.02. The largest absolute Gasteiger partial charge is 0.314 e. The summed E-state index contributed by atoms with van der Waals surface area (Å²) in [5.41, 5.74) is 2.13. The molecule has 0 fully saturated rings. The zero-order valence-electron chi connectivity index (χ0n) is 7.29. The summed E-state index contributed by atoms with van der Waals surface area (Å²) in [7, 11) is 1.93. The number of nitrogens with zero attached hydrogens (tertiary/aromatic N) is 2. The number of hydrogen-bond donors (Lipinski definition) is 1. The smallest absolute Gasteiger partial charge is 0.137 e. The molecule has 0 saturated heterocycles. The molecule has 0 bridgehead atoms. The molecule has 2 heterocycles. The molecular weight excluding hydrogens is 230 g/mol. The molecular formula is C9H10BrN3. The predicted molar refractivity (Wildman–Crippen MR) is 55.7 cm³/mol. The van der Waals surface area contributed by atoms with Crippen molar-refractivity contribution in [3.05, 3.63) is 34.7 Å². The fourth-order valence-corrected chi connectivity index (χ4v) is 1.92. The molecule has 0 atom stereocenters. The number of fused-ring (bicyclic) bond motifs is 1. The molecule has 2 rings (SSSR count). The highest BCUT2D eigenvalue weighted by molar-refractivity contribution is 9.10. The van der Waals surface area contributed by atoms with Gasteiger partial charge in [0.2, 0.25) is 0 Å². The molecule has 1 N–H and O–H groups in total. The van der Waals surface area contributed by atoms with Crippen LogP contribution in [0.2, 0.25) is 0 Å². The standard InChI is InChI=1S/C9H10BrN3/c1-11-5-7-6-12-9-4-2-3-8(10)13(7)9/h2-4,6,11H,5H2,1H3. The second kappa shape index (κ2) is 3.47. The summed E-state index contributed by atoms with van der Waals surface area (Å²) in [5.74, 6) is 0. The Hall–Kier alpha value is -0.870. The molecule has 3 nitrogen and oxygen atoms in total. The fourth-order valence-electron chi connectivity index (χ4n) is 1.36. The zero-order valence-corrected chi connectivity index (χ0v) is 8.87. The van der Waals surface area contributed by atoms with E-state index in [4.69, 9.17) is 0 Å². The summed E-state index contributed by atoms with van der Waals surface area (Å²) < 4.78 is 3.11. The molecule has 2 aromatic heterocycles. The number of halogens is 1. The second-order valence-electron chi connectivity index (χ2n) is 2.82. The van der Waals surface area contributed by atoms with Gasteiger partial charge in [0.05, 0.1) is 16.5 Å². The van der Waals surface area contributed by atoms with Gasteiger partial charge in [-0.3, -0.25) is 4.40 Å². The van der Waals surface area contributed by atoms with E-state index in [-0.39, 0.29) is 0 Å². The third-order valence-electron chi connectivity index (χ3n) is 1.91. The Morgan fingerprint density at radius 1 is 1.54 bits per heavy atom. The first kappa shape index (κ1) is 8.72. The maximum absolute atomic E-state index is 4.29. The monoisotopic (exact) mass is 239 g/mol. The molecule has 2 aromatic rings. The molecule has 0 amide bonds. The molecule has 0 aromatic carbocycles. The molecule has 13 heavy (non-hydrogen) atoms. The van der Waals surface area contributed by atoms with Crippen molar-refractivity contribution in [2.45, 2.75) is 6.54 Å². The van der Waals surface area contributed by atoms with E-state index in [2.05, 4.69) is 30.6 Å². The second-order valence-corrected chi connectivity index (χ2v) is 3.63. The number of nitrogens with one attached hydrogen (secondary N) is 1. The molecule has 0 aliphatic heterocycles. The van der Waals surface area contributed by atoms with Crippen LogP contribution >= 0.6 is 15.9 Å². The van der Waals surface area contributed by atoms with E-state index in [0.717, 1.165) is 22.5 Å². The third-order valence-corrected chi connectivity index (χ3v) is 2.53. The fraction of sp³-hybridized carbons (Fsp3) is 0.222. The first-order valence-corrected chi connectivity index (χ1v) is 4.87. The molecule has 68 valence electrons. The van der Waals surface area contributed by atoms with Crippen molar-refractivity contribution in [2.24, 2.45) is 0 Å². The summed E-state index contributed by atoms with van der Waals surface area (Å²) in [6.45, 7) is 0.823. The highest BCUT2D eigenvalue weighted by Crippen LogP contribution is 2.15. The van der Waals surface area contributed by atoms with Gasteiger partial charge in [0.15, 0.2) is 0 Å². The average Bonchev–Trinajstić information content (AvgIpc) is 2.51. The minimum atomic E-state index is 0.823. The normalized spacial score (nSPS) is 10.9. The third kappa shape index (κ3) is 1.47. The van der Waals surface area contributed by atoms with Gasteiger partial charge < -0.3 is 5.32 Å². The van der Waals surface area contributed by atoms with E-state index in [0.29, 0.717) is 0 Å². The molecule has 0 saturated carbocycles. The number of aromatic nitrogens is 2. The van der Waals surface area contributed by atoms with Crippen molar-refractivity contribution >= 4 is 21.6 Å². The Morgan fingerprint density at radius 2 is 2.38 bits per heavy atom. The quantitative estimate of drug-likeness (QED) is 0.811. The van der Waals surface area contributed by atoms with Crippen molar-refractivity contribution in [1.82, 2.24) is 14.7 Å². The summed E-state index contributed by atoms with van der Waals surface area (Å²) >= 11 is 3.49. The molecule has 0 spiro atoms. The lowest BCUT2D eigenvalue weighted by atomic mass is 10.4. The predicted octanol–water partition coefficient (Wildman–Crippen LogP) is 1.82. The Morgan fingerprint density at radius 3 is 3.15 bits per heavy atom. The SMILES string of the molecule is CNCc1cnc2cccc(Br)n12. The summed E-state index contributed by atoms with van der Waals surface area (Å²) in [4.78, 5) is 4.29. The topological polar surface area (TPSA) is 29.3 Å². The summed E-state index contributed by atoms with van der Waals surface area (Å²) in [6.07, 6.45) is 1.89. The van der Waals surface area contributed by atoms with Crippen molar-refractivity contribution in [2.75, 3.05) is 7.05 Å². The van der Waals surface area contributed by atoms with E-state index in [1.54, 1.807) is 0 Å². The average molecular weight is 240 g/mol. The molecule has 0 aliphatic rings. The maximum Gasteiger partial charge on any atom is 0.137 e. The van der Waals surface area contributed by atoms with Gasteiger partial charge in [-0.25, -0.2) is 4.98 Å². The van der Waals surface area contributed by atoms with E-state index in [1.807, 2.05) is 31.4 Å². The van der Waals surface area contributed by atoms with Crippen LogP contribution in [0, 0.1) is 0 Å². The van der Waals surface area contributed by atoms with Gasteiger partial charge in [0, 0.05) is 6.54 Å². The van der Waals surface area contributed by atoms with Crippen LogP contribution in [0.25, 0.3) is 5.65 Å².